The van der Waals surface area contributed by atoms with Crippen molar-refractivity contribution in [1.82, 2.24) is 10.2 Å². The quantitative estimate of drug-likeness (QED) is 0.583. The van der Waals surface area contributed by atoms with Crippen LogP contribution in [0.3, 0.4) is 0 Å². The molecule has 0 spiro atoms. The summed E-state index contributed by atoms with van der Waals surface area (Å²) in [4.78, 5) is 4.72. The molecule has 7 heteroatoms. The molecule has 2 N–H and O–H groups in total. The standard InChI is InChI=1S/C20H24F2N4S/c21-16-2-6-18(7-3-16)24-20(27)23-10-1-11-25-12-14-26(15-13-25)19-8-4-17(22)5-9-19/h2-9H,1,10-15H2,(H2,23,24,27). The smallest absolute Gasteiger partial charge is 0.170 e. The maximum atomic E-state index is 13.0. The first-order chi connectivity index (χ1) is 13.1. The normalized spacial score (nSPS) is 14.8. The average molecular weight is 391 g/mol. The molecule has 0 aromatic heterocycles. The largest absolute Gasteiger partial charge is 0.369 e. The predicted octanol–water partition coefficient (Wildman–Crippen LogP) is 3.46. The summed E-state index contributed by atoms with van der Waals surface area (Å²) in [7, 11) is 0. The molecule has 0 amide bonds. The molecule has 0 aliphatic carbocycles. The molecule has 1 fully saturated rings. The van der Waals surface area contributed by atoms with Crippen LogP contribution in [0.25, 0.3) is 0 Å². The van der Waals surface area contributed by atoms with Gasteiger partial charge in [-0.1, -0.05) is 0 Å². The highest BCUT2D eigenvalue weighted by Gasteiger charge is 2.16. The number of halogens is 2. The van der Waals surface area contributed by atoms with Crippen molar-refractivity contribution < 1.29 is 8.78 Å². The number of anilines is 2. The topological polar surface area (TPSA) is 30.5 Å². The van der Waals surface area contributed by atoms with Gasteiger partial charge in [0.1, 0.15) is 11.6 Å². The SMILES string of the molecule is Fc1ccc(NC(=S)NCCCN2CCN(c3ccc(F)cc3)CC2)cc1. The van der Waals surface area contributed by atoms with Crippen LogP contribution in [-0.2, 0) is 0 Å². The molecule has 2 aromatic carbocycles. The van der Waals surface area contributed by atoms with Crippen LogP contribution in [0.15, 0.2) is 48.5 Å². The summed E-state index contributed by atoms with van der Waals surface area (Å²) in [6.45, 7) is 5.67. The number of nitrogens with zero attached hydrogens (tertiary/aromatic N) is 2. The van der Waals surface area contributed by atoms with E-state index in [-0.39, 0.29) is 11.6 Å². The fraction of sp³-hybridized carbons (Fsp3) is 0.350. The van der Waals surface area contributed by atoms with E-state index in [0.29, 0.717) is 5.11 Å². The van der Waals surface area contributed by atoms with Crippen molar-refractivity contribution in [1.29, 1.82) is 0 Å². The maximum Gasteiger partial charge on any atom is 0.170 e. The Hall–Kier alpha value is -2.25. The summed E-state index contributed by atoms with van der Waals surface area (Å²) in [5.74, 6) is -0.462. The van der Waals surface area contributed by atoms with E-state index in [9.17, 15) is 8.78 Å². The summed E-state index contributed by atoms with van der Waals surface area (Å²) in [5.41, 5.74) is 1.85. The van der Waals surface area contributed by atoms with Crippen molar-refractivity contribution >= 4 is 28.7 Å². The molecule has 1 saturated heterocycles. The minimum atomic E-state index is -0.265. The van der Waals surface area contributed by atoms with E-state index in [4.69, 9.17) is 12.2 Å². The van der Waals surface area contributed by atoms with Gasteiger partial charge in [0.15, 0.2) is 5.11 Å². The molecule has 144 valence electrons. The zero-order valence-electron chi connectivity index (χ0n) is 15.1. The molecule has 3 rings (SSSR count). The molecule has 0 unspecified atom stereocenters. The first-order valence-corrected chi connectivity index (χ1v) is 9.54. The van der Waals surface area contributed by atoms with E-state index in [1.54, 1.807) is 12.1 Å². The monoisotopic (exact) mass is 390 g/mol. The molecule has 2 aromatic rings. The van der Waals surface area contributed by atoms with Crippen LogP contribution in [0.5, 0.6) is 0 Å². The van der Waals surface area contributed by atoms with Gasteiger partial charge in [0, 0.05) is 44.1 Å². The van der Waals surface area contributed by atoms with Crippen molar-refractivity contribution in [2.24, 2.45) is 0 Å². The van der Waals surface area contributed by atoms with Crippen LogP contribution in [0.4, 0.5) is 20.2 Å². The van der Waals surface area contributed by atoms with Crippen LogP contribution in [-0.4, -0.2) is 49.3 Å². The van der Waals surface area contributed by atoms with Gasteiger partial charge >= 0.3 is 0 Å². The summed E-state index contributed by atoms with van der Waals surface area (Å²) in [6.07, 6.45) is 0.988. The van der Waals surface area contributed by atoms with Gasteiger partial charge in [-0.15, -0.1) is 0 Å². The molecular formula is C20H24F2N4S. The zero-order chi connectivity index (χ0) is 19.1. The number of hydrogen-bond acceptors (Lipinski definition) is 3. The Bertz CT molecular complexity index is 729. The lowest BCUT2D eigenvalue weighted by Crippen LogP contribution is -2.47. The number of benzene rings is 2. The Balaban J connectivity index is 1.30. The van der Waals surface area contributed by atoms with Gasteiger partial charge in [-0.2, -0.15) is 0 Å². The second-order valence-electron chi connectivity index (χ2n) is 6.55. The van der Waals surface area contributed by atoms with Crippen LogP contribution in [0, 0.1) is 11.6 Å². The minimum Gasteiger partial charge on any atom is -0.369 e. The third kappa shape index (κ3) is 6.15. The molecular weight excluding hydrogens is 366 g/mol. The van der Waals surface area contributed by atoms with Crippen molar-refractivity contribution in [2.45, 2.75) is 6.42 Å². The predicted molar refractivity (Wildman–Crippen MR) is 110 cm³/mol. The van der Waals surface area contributed by atoms with Gasteiger partial charge in [0.2, 0.25) is 0 Å². The number of thiocarbonyl (C=S) groups is 1. The number of rotatable bonds is 6. The second kappa shape index (κ2) is 9.62. The Morgan fingerprint density at radius 2 is 1.48 bits per heavy atom. The van der Waals surface area contributed by atoms with Gasteiger partial charge in [0.05, 0.1) is 0 Å². The second-order valence-corrected chi connectivity index (χ2v) is 6.95. The van der Waals surface area contributed by atoms with Gasteiger partial charge in [-0.3, -0.25) is 4.90 Å². The molecule has 0 saturated carbocycles. The zero-order valence-corrected chi connectivity index (χ0v) is 15.9. The lowest BCUT2D eigenvalue weighted by atomic mass is 10.2. The van der Waals surface area contributed by atoms with Crippen molar-refractivity contribution in [3.8, 4) is 0 Å². The summed E-state index contributed by atoms with van der Waals surface area (Å²) >= 11 is 5.25. The Morgan fingerprint density at radius 3 is 2.11 bits per heavy atom. The van der Waals surface area contributed by atoms with Crippen LogP contribution >= 0.6 is 12.2 Å². The molecule has 1 aliphatic heterocycles. The van der Waals surface area contributed by atoms with Gasteiger partial charge in [-0.25, -0.2) is 8.78 Å². The van der Waals surface area contributed by atoms with Crippen LogP contribution < -0.4 is 15.5 Å². The van der Waals surface area contributed by atoms with E-state index >= 15 is 0 Å². The Morgan fingerprint density at radius 1 is 0.889 bits per heavy atom. The number of nitrogens with one attached hydrogen (secondary N) is 2. The third-order valence-electron chi connectivity index (χ3n) is 4.60. The fourth-order valence-corrected chi connectivity index (χ4v) is 3.31. The third-order valence-corrected chi connectivity index (χ3v) is 4.85. The number of hydrogen-bond donors (Lipinski definition) is 2. The molecule has 0 bridgehead atoms. The minimum absolute atomic E-state index is 0.197. The van der Waals surface area contributed by atoms with Crippen molar-refractivity contribution in [2.75, 3.05) is 49.5 Å². The van der Waals surface area contributed by atoms with Gasteiger partial charge in [-0.05, 0) is 73.7 Å². The summed E-state index contributed by atoms with van der Waals surface area (Å²) in [6, 6.07) is 12.8. The van der Waals surface area contributed by atoms with Gasteiger partial charge < -0.3 is 15.5 Å². The molecule has 1 aliphatic rings. The van der Waals surface area contributed by atoms with Crippen molar-refractivity contribution in [3.63, 3.8) is 0 Å². The van der Waals surface area contributed by atoms with E-state index in [1.165, 1.54) is 24.3 Å². The maximum absolute atomic E-state index is 13.0. The van der Waals surface area contributed by atoms with Crippen molar-refractivity contribution in [3.05, 3.63) is 60.2 Å². The lowest BCUT2D eigenvalue weighted by Gasteiger charge is -2.36. The van der Waals surface area contributed by atoms with E-state index in [0.717, 1.165) is 57.1 Å². The molecule has 0 radical (unpaired) electrons. The first-order valence-electron chi connectivity index (χ1n) is 9.13. The highest BCUT2D eigenvalue weighted by atomic mass is 32.1. The van der Waals surface area contributed by atoms with E-state index < -0.39 is 0 Å². The highest BCUT2D eigenvalue weighted by molar-refractivity contribution is 7.80. The molecule has 4 nitrogen and oxygen atoms in total. The van der Waals surface area contributed by atoms with Crippen LogP contribution in [0.1, 0.15) is 6.42 Å². The number of piperazine rings is 1. The van der Waals surface area contributed by atoms with E-state index in [1.807, 2.05) is 12.1 Å². The summed E-state index contributed by atoms with van der Waals surface area (Å²) in [5, 5.41) is 6.77. The Labute approximate surface area is 164 Å². The fourth-order valence-electron chi connectivity index (χ4n) is 3.09. The Kier molecular flexibility index (Phi) is 6.95. The van der Waals surface area contributed by atoms with Gasteiger partial charge in [0.25, 0.3) is 0 Å². The van der Waals surface area contributed by atoms with E-state index in [2.05, 4.69) is 20.4 Å². The summed E-state index contributed by atoms with van der Waals surface area (Å²) < 4.78 is 25.9. The lowest BCUT2D eigenvalue weighted by molar-refractivity contribution is 0.255. The molecule has 1 heterocycles. The highest BCUT2D eigenvalue weighted by Crippen LogP contribution is 2.16. The molecule has 0 atom stereocenters. The van der Waals surface area contributed by atoms with Crippen LogP contribution in [0.2, 0.25) is 0 Å². The average Bonchev–Trinajstić information content (AvgIpc) is 2.68. The molecule has 27 heavy (non-hydrogen) atoms. The first kappa shape index (κ1) is 19.5.